The van der Waals surface area contributed by atoms with Gasteiger partial charge in [-0.3, -0.25) is 14.5 Å². The van der Waals surface area contributed by atoms with E-state index < -0.39 is 12.0 Å². The largest absolute Gasteiger partial charge is 0.652 e. The van der Waals surface area contributed by atoms with Crippen LogP contribution in [0.1, 0.15) is 213 Å². The Morgan fingerprint density at radius 3 is 1.52 bits per heavy atom. The van der Waals surface area contributed by atoms with Gasteiger partial charge in [-0.1, -0.05) is 181 Å². The molecular weight excluding hydrogens is 1310 g/mol. The molecule has 1 aliphatic carbocycles. The molecule has 1 rings (SSSR count). The Kier molecular flexibility index (Phi) is 52.1. The van der Waals surface area contributed by atoms with E-state index in [1.54, 1.807) is 12.9 Å². The average Bonchev–Trinajstić information content (AvgIpc) is 3.24. The molecule has 0 N–H and O–H groups in total. The minimum Gasteiger partial charge on any atom is -0.652 e. The minimum atomic E-state index is -0.554. The molecule has 5 atom stereocenters. The Hall–Kier alpha value is -0.625. The second kappa shape index (κ2) is 49.3. The Labute approximate surface area is 427 Å². The van der Waals surface area contributed by atoms with Gasteiger partial charge in [-0.05, 0) is 56.8 Å². The maximum Gasteiger partial charge on any atom is 0.312 e. The third-order valence-corrected chi connectivity index (χ3v) is 12.5. The molecule has 0 radical (unpaired) electrons. The van der Waals surface area contributed by atoms with E-state index in [4.69, 9.17) is 23.7 Å². The smallest absolute Gasteiger partial charge is 0.312 e. The fourth-order valence-corrected chi connectivity index (χ4v) is 8.75. The van der Waals surface area contributed by atoms with Crippen molar-refractivity contribution in [3.8, 4) is 0 Å². The van der Waals surface area contributed by atoms with Crippen LogP contribution in [0, 0.1) is 17.8 Å². The Balaban J connectivity index is -0.0000120. The van der Waals surface area contributed by atoms with Crippen LogP contribution in [0.15, 0.2) is 0 Å². The molecule has 0 spiro atoms. The molecule has 5 unspecified atom stereocenters. The Morgan fingerprint density at radius 1 is 0.556 bits per heavy atom. The summed E-state index contributed by atoms with van der Waals surface area (Å²) in [6.07, 6.45) is 31.6. The quantitative estimate of drug-likeness (QED) is 0.0250. The molecule has 11 nitrogen and oxygen atoms in total. The van der Waals surface area contributed by atoms with Crippen molar-refractivity contribution in [2.24, 2.45) is 17.8 Å². The van der Waals surface area contributed by atoms with Crippen LogP contribution in [-0.2, 0) is 111 Å². The molecule has 1 saturated carbocycles. The number of ether oxygens (including phenoxy) is 5. The molecule has 368 valence electrons. The second-order valence-corrected chi connectivity index (χ2v) is 17.4. The summed E-state index contributed by atoms with van der Waals surface area (Å²) < 4.78 is 27.0. The van der Waals surface area contributed by atoms with Gasteiger partial charge in [0.2, 0.25) is 0 Å². The molecule has 63 heavy (non-hydrogen) atoms. The van der Waals surface area contributed by atoms with Gasteiger partial charge in [0, 0.05) is 89.3 Å². The number of rotatable bonds is 44. The summed E-state index contributed by atoms with van der Waals surface area (Å²) in [5.74, 6) is -0.690. The van der Waals surface area contributed by atoms with E-state index in [9.17, 15) is 24.0 Å². The fraction of sp³-hybridized carbons (Fsp3) is 0.898. The number of hydrogen-bond acceptors (Lipinski definition) is 11. The zero-order chi connectivity index (χ0) is 43.7. The van der Waals surface area contributed by atoms with Gasteiger partial charge >= 0.3 is 11.9 Å². The van der Waals surface area contributed by atoms with Gasteiger partial charge in [0.25, 0.3) is 0 Å². The molecule has 0 aromatic rings. The van der Waals surface area contributed by atoms with Gasteiger partial charge in [0.05, 0.1) is 24.7 Å². The van der Waals surface area contributed by atoms with E-state index in [0.717, 1.165) is 103 Å². The van der Waals surface area contributed by atoms with Crippen molar-refractivity contribution in [3.05, 3.63) is 0 Å². The van der Waals surface area contributed by atoms with E-state index in [-0.39, 0.29) is 107 Å². The molecule has 0 aromatic heterocycles. The summed E-state index contributed by atoms with van der Waals surface area (Å²) in [5, 5.41) is 0. The van der Waals surface area contributed by atoms with Crippen LogP contribution in [0.4, 0.5) is 0 Å². The summed E-state index contributed by atoms with van der Waals surface area (Å²) in [5.41, 5.74) is 0. The van der Waals surface area contributed by atoms with Gasteiger partial charge < -0.3 is 38.1 Å². The molecule has 0 aromatic carbocycles. The first-order valence-electron chi connectivity index (χ1n) is 24.5. The van der Waals surface area contributed by atoms with Crippen LogP contribution in [0.25, 0.3) is 0 Å². The standard InChI is InChI=1S/C49H86NO10.3W/c1-4-6-8-10-11-16-20-24-32-46(48(60-42-53)45-31-27-26-28-43(45)3)49(55)58-39-36-50(34-37-56-40-51)35-38-57-47(54)33-25-21-17-14-12-13-15-19-23-30-44(59-41-52)29-22-18-9-7-5-2;;;/h43-46,48H,4-39H2,1-3H3;;;/q-3;;;. The summed E-state index contributed by atoms with van der Waals surface area (Å²) >= 11 is 0. The van der Waals surface area contributed by atoms with E-state index in [2.05, 4.69) is 20.8 Å². The number of esters is 2. The molecule has 0 aliphatic heterocycles. The van der Waals surface area contributed by atoms with Crippen LogP contribution >= 0.6 is 0 Å². The summed E-state index contributed by atoms with van der Waals surface area (Å²) in [6.45, 7) is 12.9. The van der Waals surface area contributed by atoms with E-state index in [1.165, 1.54) is 83.5 Å². The van der Waals surface area contributed by atoms with Crippen molar-refractivity contribution in [1.82, 2.24) is 4.90 Å². The number of unbranched alkanes of at least 4 members (excludes halogenated alkanes) is 19. The summed E-state index contributed by atoms with van der Waals surface area (Å²) in [4.78, 5) is 61.2. The maximum absolute atomic E-state index is 13.7. The number of hydrogen-bond donors (Lipinski definition) is 0. The monoisotopic (exact) mass is 1400 g/mol. The van der Waals surface area contributed by atoms with Gasteiger partial charge in [0.1, 0.15) is 13.2 Å². The second-order valence-electron chi connectivity index (χ2n) is 17.4. The Bertz CT molecular complexity index is 1060. The van der Waals surface area contributed by atoms with Crippen molar-refractivity contribution in [1.29, 1.82) is 0 Å². The maximum atomic E-state index is 13.7. The third kappa shape index (κ3) is 37.1. The molecule has 0 amide bonds. The average molecular weight is 1400 g/mol. The first kappa shape index (κ1) is 66.6. The predicted molar refractivity (Wildman–Crippen MR) is 237 cm³/mol. The minimum absolute atomic E-state index is 0. The molecule has 1 aliphatic rings. The van der Waals surface area contributed by atoms with E-state index in [0.29, 0.717) is 38.4 Å². The van der Waals surface area contributed by atoms with Crippen molar-refractivity contribution in [3.63, 3.8) is 0 Å². The molecule has 0 bridgehead atoms. The van der Waals surface area contributed by atoms with Crippen molar-refractivity contribution in [2.45, 2.75) is 226 Å². The predicted octanol–water partition coefficient (Wildman–Crippen LogP) is 11.0. The number of nitrogens with zero attached hydrogens (tertiary/aromatic N) is 1. The first-order valence-corrected chi connectivity index (χ1v) is 24.5. The fourth-order valence-electron chi connectivity index (χ4n) is 8.75. The topological polar surface area (TPSA) is 135 Å². The van der Waals surface area contributed by atoms with Gasteiger partial charge in [-0.15, -0.1) is 0 Å². The number of carbonyl (C=O) groups excluding carboxylic acids is 5. The van der Waals surface area contributed by atoms with Crippen LogP contribution in [-0.4, -0.2) is 87.9 Å². The third-order valence-electron chi connectivity index (χ3n) is 12.5. The van der Waals surface area contributed by atoms with E-state index >= 15 is 0 Å². The van der Waals surface area contributed by atoms with Gasteiger partial charge in [-0.2, -0.15) is 0 Å². The first-order chi connectivity index (χ1) is 29.4. The SMILES string of the molecule is CCCCCCCCCCC(C(=O)OCCN(CCO[C-]=O)CCOC(=O)CCCCCCCCCCCC(CCCCCCC)O[C-]=O)C(O[C-]=O)C1CCCCC1C.[W].[W].[W]. The van der Waals surface area contributed by atoms with Crippen molar-refractivity contribution in [2.75, 3.05) is 39.5 Å². The van der Waals surface area contributed by atoms with Gasteiger partial charge in [0.15, 0.2) is 0 Å². The van der Waals surface area contributed by atoms with Crippen molar-refractivity contribution >= 4 is 31.4 Å². The summed E-state index contributed by atoms with van der Waals surface area (Å²) in [7, 11) is 0. The number of carbonyl (C=O) groups is 2. The van der Waals surface area contributed by atoms with Crippen LogP contribution in [0.2, 0.25) is 0 Å². The van der Waals surface area contributed by atoms with Crippen LogP contribution in [0.5, 0.6) is 0 Å². The molecular formula is C49H86NO10W3-3. The van der Waals surface area contributed by atoms with Crippen molar-refractivity contribution < 1.29 is 111 Å². The molecule has 0 heterocycles. The zero-order valence-electron chi connectivity index (χ0n) is 39.6. The zero-order valence-corrected chi connectivity index (χ0v) is 48.4. The van der Waals surface area contributed by atoms with E-state index in [1.807, 2.05) is 4.90 Å². The van der Waals surface area contributed by atoms with Gasteiger partial charge in [-0.25, -0.2) is 0 Å². The van der Waals surface area contributed by atoms with Crippen LogP contribution in [0.3, 0.4) is 0 Å². The van der Waals surface area contributed by atoms with Crippen LogP contribution < -0.4 is 0 Å². The normalized spacial score (nSPS) is 15.9. The molecule has 14 heteroatoms. The molecule has 1 fully saturated rings. The molecule has 0 saturated heterocycles. The Morgan fingerprint density at radius 2 is 1.02 bits per heavy atom. The summed E-state index contributed by atoms with van der Waals surface area (Å²) in [6, 6.07) is 0.